The molecule has 2 amide bonds. The summed E-state index contributed by atoms with van der Waals surface area (Å²) in [6.07, 6.45) is 7.31. The zero-order chi connectivity index (χ0) is 25.8. The number of amides is 2. The van der Waals surface area contributed by atoms with Crippen molar-refractivity contribution >= 4 is 40.3 Å². The quantitative estimate of drug-likeness (QED) is 0.300. The lowest BCUT2D eigenvalue weighted by Crippen LogP contribution is -2.39. The van der Waals surface area contributed by atoms with Gasteiger partial charge in [-0.05, 0) is 43.9 Å². The minimum Gasteiger partial charge on any atom is -0.366 e. The number of carbonyl (C=O) groups is 2. The van der Waals surface area contributed by atoms with E-state index in [0.717, 1.165) is 37.6 Å². The fraction of sp³-hybridized carbons (Fsp3) is 0.269. The minimum absolute atomic E-state index is 0.0160. The number of benzene rings is 1. The number of anilines is 4. The number of hydrogen-bond donors (Lipinski definition) is 4. The summed E-state index contributed by atoms with van der Waals surface area (Å²) in [4.78, 5) is 32.6. The maximum Gasteiger partial charge on any atom is 0.276 e. The molecule has 0 aliphatic heterocycles. The number of halogens is 1. The zero-order valence-corrected chi connectivity index (χ0v) is 20.2. The van der Waals surface area contributed by atoms with E-state index in [9.17, 15) is 14.0 Å². The Morgan fingerprint density at radius 3 is 2.49 bits per heavy atom. The Labute approximate surface area is 212 Å². The molecule has 1 aliphatic rings. The predicted molar refractivity (Wildman–Crippen MR) is 138 cm³/mol. The summed E-state index contributed by atoms with van der Waals surface area (Å²) >= 11 is 0. The van der Waals surface area contributed by atoms with Crippen molar-refractivity contribution in [3.63, 3.8) is 0 Å². The van der Waals surface area contributed by atoms with E-state index in [2.05, 4.69) is 36.3 Å². The van der Waals surface area contributed by atoms with Crippen LogP contribution in [0.1, 0.15) is 43.1 Å². The molecule has 0 unspecified atom stereocenters. The monoisotopic (exact) mass is 502 g/mol. The standard InChI is InChI=1S/C26H27FN8O2/c1-16(36)30-18-7-9-19(10-8-18)32-24-13-22(31-17-5-3-2-4-6-17)25-29-15-23(35(25)34-24)26(37)33-21-11-12-28-14-20(21)27/h2-6,11-15,18-19,31H,7-10H2,1H3,(H,30,36)(H,32,34)(H,28,33,37). The van der Waals surface area contributed by atoms with Crippen LogP contribution >= 0.6 is 0 Å². The van der Waals surface area contributed by atoms with Crippen LogP contribution in [0.2, 0.25) is 0 Å². The van der Waals surface area contributed by atoms with E-state index >= 15 is 0 Å². The molecule has 5 rings (SSSR count). The molecule has 10 nitrogen and oxygen atoms in total. The summed E-state index contributed by atoms with van der Waals surface area (Å²) in [7, 11) is 0. The number of pyridine rings is 1. The molecule has 190 valence electrons. The average molecular weight is 503 g/mol. The highest BCUT2D eigenvalue weighted by Crippen LogP contribution is 2.27. The second-order valence-corrected chi connectivity index (χ2v) is 9.02. The van der Waals surface area contributed by atoms with Gasteiger partial charge in [0.05, 0.1) is 23.8 Å². The third kappa shape index (κ3) is 5.66. The summed E-state index contributed by atoms with van der Waals surface area (Å²) in [5.74, 6) is -0.640. The van der Waals surface area contributed by atoms with Gasteiger partial charge in [0.15, 0.2) is 17.2 Å². The number of rotatable bonds is 7. The molecule has 1 aromatic carbocycles. The van der Waals surface area contributed by atoms with E-state index in [-0.39, 0.29) is 29.4 Å². The van der Waals surface area contributed by atoms with E-state index in [4.69, 9.17) is 0 Å². The molecule has 1 aliphatic carbocycles. The van der Waals surface area contributed by atoms with E-state index in [1.165, 1.54) is 29.9 Å². The molecule has 4 N–H and O–H groups in total. The fourth-order valence-electron chi connectivity index (χ4n) is 4.50. The summed E-state index contributed by atoms with van der Waals surface area (Å²) in [5, 5.41) is 17.0. The number of fused-ring (bicyclic) bond motifs is 1. The van der Waals surface area contributed by atoms with Gasteiger partial charge >= 0.3 is 0 Å². The first-order valence-electron chi connectivity index (χ1n) is 12.1. The van der Waals surface area contributed by atoms with Crippen LogP contribution in [-0.4, -0.2) is 43.5 Å². The van der Waals surface area contributed by atoms with Gasteiger partial charge in [0.2, 0.25) is 5.91 Å². The lowest BCUT2D eigenvalue weighted by Gasteiger charge is -2.29. The van der Waals surface area contributed by atoms with Crippen molar-refractivity contribution in [2.45, 2.75) is 44.7 Å². The van der Waals surface area contributed by atoms with Crippen molar-refractivity contribution < 1.29 is 14.0 Å². The summed E-state index contributed by atoms with van der Waals surface area (Å²) < 4.78 is 15.5. The summed E-state index contributed by atoms with van der Waals surface area (Å²) in [5.41, 5.74) is 2.13. The Morgan fingerprint density at radius 2 is 1.76 bits per heavy atom. The van der Waals surface area contributed by atoms with Gasteiger partial charge in [0, 0.05) is 37.0 Å². The Kier molecular flexibility index (Phi) is 6.93. The molecule has 4 aromatic rings. The Hall–Kier alpha value is -4.54. The zero-order valence-electron chi connectivity index (χ0n) is 20.2. The van der Waals surface area contributed by atoms with Gasteiger partial charge in [-0.3, -0.25) is 14.6 Å². The molecule has 37 heavy (non-hydrogen) atoms. The van der Waals surface area contributed by atoms with Crippen LogP contribution in [0.15, 0.2) is 61.1 Å². The molecule has 0 radical (unpaired) electrons. The number of nitrogens with one attached hydrogen (secondary N) is 4. The molecular weight excluding hydrogens is 475 g/mol. The first kappa shape index (κ1) is 24.2. The highest BCUT2D eigenvalue weighted by atomic mass is 19.1. The number of hydrogen-bond acceptors (Lipinski definition) is 7. The second-order valence-electron chi connectivity index (χ2n) is 9.02. The van der Waals surface area contributed by atoms with Crippen LogP contribution < -0.4 is 21.3 Å². The minimum atomic E-state index is -0.638. The highest BCUT2D eigenvalue weighted by Gasteiger charge is 2.23. The van der Waals surface area contributed by atoms with Gasteiger partial charge in [0.25, 0.3) is 5.91 Å². The normalized spacial score (nSPS) is 17.2. The maximum absolute atomic E-state index is 14.1. The number of imidazole rings is 1. The van der Waals surface area contributed by atoms with Gasteiger partial charge in [0.1, 0.15) is 5.82 Å². The van der Waals surface area contributed by atoms with Crippen LogP contribution in [0.5, 0.6) is 0 Å². The molecule has 0 atom stereocenters. The topological polar surface area (TPSA) is 125 Å². The first-order valence-corrected chi connectivity index (χ1v) is 12.1. The molecule has 11 heteroatoms. The van der Waals surface area contributed by atoms with E-state index < -0.39 is 11.7 Å². The van der Waals surface area contributed by atoms with E-state index in [0.29, 0.717) is 17.2 Å². The Bertz CT molecular complexity index is 1420. The number of carbonyl (C=O) groups excluding carboxylic acids is 2. The molecule has 1 saturated carbocycles. The molecule has 1 fully saturated rings. The summed E-state index contributed by atoms with van der Waals surface area (Å²) in [6, 6.07) is 13.2. The van der Waals surface area contributed by atoms with Crippen molar-refractivity contribution in [1.82, 2.24) is 24.9 Å². The largest absolute Gasteiger partial charge is 0.366 e. The molecule has 0 saturated heterocycles. The van der Waals surface area contributed by atoms with Gasteiger partial charge in [-0.15, -0.1) is 5.10 Å². The van der Waals surface area contributed by atoms with Crippen molar-refractivity contribution in [2.24, 2.45) is 0 Å². The van der Waals surface area contributed by atoms with E-state index in [1.54, 1.807) is 0 Å². The van der Waals surface area contributed by atoms with Crippen molar-refractivity contribution in [3.8, 4) is 0 Å². The van der Waals surface area contributed by atoms with Gasteiger partial charge < -0.3 is 21.3 Å². The van der Waals surface area contributed by atoms with Gasteiger partial charge in [-0.2, -0.15) is 0 Å². The first-order chi connectivity index (χ1) is 18.0. The smallest absolute Gasteiger partial charge is 0.276 e. The highest BCUT2D eigenvalue weighted by molar-refractivity contribution is 6.03. The number of para-hydroxylation sites is 1. The van der Waals surface area contributed by atoms with Crippen LogP contribution in [0, 0.1) is 5.82 Å². The Balaban J connectivity index is 1.44. The molecule has 0 bridgehead atoms. The average Bonchev–Trinajstić information content (AvgIpc) is 3.31. The number of aromatic nitrogens is 4. The van der Waals surface area contributed by atoms with Crippen LogP contribution in [0.3, 0.4) is 0 Å². The lowest BCUT2D eigenvalue weighted by molar-refractivity contribution is -0.119. The fourth-order valence-corrected chi connectivity index (χ4v) is 4.50. The lowest BCUT2D eigenvalue weighted by atomic mass is 9.91. The Morgan fingerprint density at radius 1 is 1.00 bits per heavy atom. The van der Waals surface area contributed by atoms with Crippen molar-refractivity contribution in [2.75, 3.05) is 16.0 Å². The van der Waals surface area contributed by atoms with Crippen LogP contribution in [0.25, 0.3) is 5.65 Å². The van der Waals surface area contributed by atoms with Crippen molar-refractivity contribution in [1.29, 1.82) is 0 Å². The van der Waals surface area contributed by atoms with Crippen molar-refractivity contribution in [3.05, 3.63) is 72.6 Å². The maximum atomic E-state index is 14.1. The molecule has 3 heterocycles. The molecule has 3 aromatic heterocycles. The SMILES string of the molecule is CC(=O)NC1CCC(Nc2cc(Nc3ccccc3)c3ncc(C(=O)Nc4ccncc4F)n3n2)CC1. The molecular formula is C26H27FN8O2. The van der Waals surface area contributed by atoms with E-state index in [1.807, 2.05) is 36.4 Å². The van der Waals surface area contributed by atoms with Crippen LogP contribution in [0.4, 0.5) is 27.3 Å². The molecule has 0 spiro atoms. The number of nitrogens with zero attached hydrogens (tertiary/aromatic N) is 4. The predicted octanol–water partition coefficient (Wildman–Crippen LogP) is 4.12. The third-order valence-electron chi connectivity index (χ3n) is 6.26. The third-order valence-corrected chi connectivity index (χ3v) is 6.26. The summed E-state index contributed by atoms with van der Waals surface area (Å²) in [6.45, 7) is 1.53. The second kappa shape index (κ2) is 10.6. The van der Waals surface area contributed by atoms with Crippen LogP contribution in [-0.2, 0) is 4.79 Å². The van der Waals surface area contributed by atoms with Gasteiger partial charge in [-0.1, -0.05) is 18.2 Å². The van der Waals surface area contributed by atoms with Gasteiger partial charge in [-0.25, -0.2) is 13.9 Å².